The monoisotopic (exact) mass is 333 g/mol. The molecule has 0 aliphatic carbocycles. The summed E-state index contributed by atoms with van der Waals surface area (Å²) in [6.45, 7) is 12.9. The van der Waals surface area contributed by atoms with Crippen LogP contribution in [0, 0.1) is 11.3 Å². The van der Waals surface area contributed by atoms with Gasteiger partial charge in [-0.1, -0.05) is 19.9 Å². The van der Waals surface area contributed by atoms with Gasteiger partial charge in [-0.2, -0.15) is 5.26 Å². The molecule has 0 spiro atoms. The number of benzene rings is 1. The molecule has 1 fully saturated rings. The van der Waals surface area contributed by atoms with Gasteiger partial charge in [0, 0.05) is 12.6 Å². The van der Waals surface area contributed by atoms with Crippen molar-refractivity contribution in [2.45, 2.75) is 52.7 Å². The van der Waals surface area contributed by atoms with Crippen LogP contribution in [0.15, 0.2) is 18.2 Å². The van der Waals surface area contributed by atoms with Crippen LogP contribution in [-0.2, 0) is 14.0 Å². The van der Waals surface area contributed by atoms with E-state index in [9.17, 15) is 5.26 Å². The predicted molar refractivity (Wildman–Crippen MR) is 95.6 cm³/mol. The Morgan fingerprint density at radius 1 is 1.08 bits per heavy atom. The molecule has 1 heterocycles. The third-order valence-electron chi connectivity index (χ3n) is 4.21. The first-order chi connectivity index (χ1) is 11.3. The molecule has 0 atom stereocenters. The van der Waals surface area contributed by atoms with Crippen LogP contribution in [0.25, 0.3) is 0 Å². The van der Waals surface area contributed by atoms with Crippen LogP contribution >= 0.6 is 0 Å². The van der Waals surface area contributed by atoms with Crippen LogP contribution in [0.2, 0.25) is 0 Å². The van der Waals surface area contributed by atoms with Crippen molar-refractivity contribution >= 4 is 12.6 Å². The van der Waals surface area contributed by atoms with Crippen molar-refractivity contribution in [3.8, 4) is 11.8 Å². The minimum absolute atomic E-state index is 0.433. The highest BCUT2D eigenvalue weighted by molar-refractivity contribution is 6.62. The summed E-state index contributed by atoms with van der Waals surface area (Å²) < 4.78 is 22.5. The summed E-state index contributed by atoms with van der Waals surface area (Å²) in [4.78, 5) is 0. The number of hydrogen-bond donors (Lipinski definition) is 0. The number of nitriles is 1. The highest BCUT2D eigenvalue weighted by atomic mass is 16.7. The molecule has 2 rings (SSSR count). The summed E-state index contributed by atoms with van der Waals surface area (Å²) >= 11 is 0. The third-order valence-corrected chi connectivity index (χ3v) is 4.21. The molecule has 6 heteroatoms. The smallest absolute Gasteiger partial charge is 0.491 e. The molecule has 5 nitrogen and oxygen atoms in total. The normalized spacial score (nSPS) is 17.7. The van der Waals surface area contributed by atoms with Crippen LogP contribution in [0.4, 0.5) is 0 Å². The van der Waals surface area contributed by atoms with Crippen molar-refractivity contribution < 1.29 is 18.8 Å². The molecule has 0 aromatic heterocycles. The lowest BCUT2D eigenvalue weighted by Crippen LogP contribution is -2.41. The summed E-state index contributed by atoms with van der Waals surface area (Å²) in [5, 5.41) is 9.39. The molecule has 0 bridgehead atoms. The molecule has 0 unspecified atom stereocenters. The van der Waals surface area contributed by atoms with Crippen molar-refractivity contribution in [2.75, 3.05) is 20.3 Å². The zero-order valence-electron chi connectivity index (χ0n) is 15.8. The Balaban J connectivity index is 0.00000139. The van der Waals surface area contributed by atoms with Crippen molar-refractivity contribution in [3.05, 3.63) is 23.8 Å². The number of rotatable bonds is 5. The fraction of sp³-hybridized carbons (Fsp3) is 0.611. The maximum atomic E-state index is 9.39. The minimum atomic E-state index is -0.548. The molecule has 1 aromatic carbocycles. The maximum absolute atomic E-state index is 9.39. The Kier molecular flexibility index (Phi) is 7.28. The van der Waals surface area contributed by atoms with Gasteiger partial charge in [-0.05, 0) is 39.8 Å². The van der Waals surface area contributed by atoms with E-state index < -0.39 is 18.3 Å². The summed E-state index contributed by atoms with van der Waals surface area (Å²) in [6, 6.07) is 7.53. The zero-order chi connectivity index (χ0) is 18.4. The van der Waals surface area contributed by atoms with Gasteiger partial charge in [-0.25, -0.2) is 0 Å². The molecule has 24 heavy (non-hydrogen) atoms. The van der Waals surface area contributed by atoms with E-state index >= 15 is 0 Å². The quantitative estimate of drug-likeness (QED) is 0.612. The first-order valence-corrected chi connectivity index (χ1v) is 8.32. The second kappa shape index (κ2) is 8.52. The summed E-state index contributed by atoms with van der Waals surface area (Å²) in [5.74, 6) is 0.633. The van der Waals surface area contributed by atoms with Crippen molar-refractivity contribution in [1.29, 1.82) is 5.26 Å². The largest absolute Gasteiger partial charge is 0.496 e. The van der Waals surface area contributed by atoms with Gasteiger partial charge in [0.2, 0.25) is 0 Å². The third kappa shape index (κ3) is 4.51. The molecule has 132 valence electrons. The van der Waals surface area contributed by atoms with E-state index in [0.29, 0.717) is 24.5 Å². The lowest BCUT2D eigenvalue weighted by atomic mass is 9.76. The SMILES string of the molecule is CC.COCCOc1ccc(B2OC(C)(C)C(C)(C)O2)c(C#N)c1. The highest BCUT2D eigenvalue weighted by Crippen LogP contribution is 2.36. The van der Waals surface area contributed by atoms with E-state index in [1.54, 1.807) is 13.2 Å². The molecular weight excluding hydrogens is 305 g/mol. The highest BCUT2D eigenvalue weighted by Gasteiger charge is 2.52. The van der Waals surface area contributed by atoms with Crippen LogP contribution in [-0.4, -0.2) is 38.6 Å². The van der Waals surface area contributed by atoms with Crippen LogP contribution in [0.5, 0.6) is 5.75 Å². The Bertz CT molecular complexity index is 565. The average molecular weight is 333 g/mol. The van der Waals surface area contributed by atoms with E-state index in [-0.39, 0.29) is 0 Å². The first-order valence-electron chi connectivity index (χ1n) is 8.32. The summed E-state index contributed by atoms with van der Waals surface area (Å²) in [5.41, 5.74) is 0.351. The van der Waals surface area contributed by atoms with Gasteiger partial charge in [0.25, 0.3) is 0 Å². The fourth-order valence-corrected chi connectivity index (χ4v) is 2.14. The molecule has 1 aliphatic rings. The van der Waals surface area contributed by atoms with Gasteiger partial charge in [0.05, 0.1) is 29.4 Å². The second-order valence-electron chi connectivity index (χ2n) is 6.29. The Morgan fingerprint density at radius 3 is 2.17 bits per heavy atom. The number of hydrogen-bond acceptors (Lipinski definition) is 5. The Hall–Kier alpha value is -1.55. The molecule has 0 N–H and O–H groups in total. The Labute approximate surface area is 146 Å². The van der Waals surface area contributed by atoms with Gasteiger partial charge in [-0.3, -0.25) is 0 Å². The summed E-state index contributed by atoms with van der Waals surface area (Å²) in [6.07, 6.45) is 0. The minimum Gasteiger partial charge on any atom is -0.491 e. The van der Waals surface area contributed by atoms with Gasteiger partial charge in [0.15, 0.2) is 0 Å². The fourth-order valence-electron chi connectivity index (χ4n) is 2.14. The molecule has 0 radical (unpaired) electrons. The lowest BCUT2D eigenvalue weighted by Gasteiger charge is -2.32. The topological polar surface area (TPSA) is 60.7 Å². The van der Waals surface area contributed by atoms with Gasteiger partial charge < -0.3 is 18.8 Å². The average Bonchev–Trinajstić information content (AvgIpc) is 2.77. The van der Waals surface area contributed by atoms with Gasteiger partial charge in [-0.15, -0.1) is 0 Å². The van der Waals surface area contributed by atoms with Gasteiger partial charge in [0.1, 0.15) is 12.4 Å². The van der Waals surface area contributed by atoms with E-state index in [1.165, 1.54) is 0 Å². The molecule has 1 saturated heterocycles. The number of ether oxygens (including phenoxy) is 2. The predicted octanol–water partition coefficient (Wildman–Crippen LogP) is 2.91. The zero-order valence-corrected chi connectivity index (χ0v) is 15.8. The number of nitrogens with zero attached hydrogens (tertiary/aromatic N) is 1. The van der Waals surface area contributed by atoms with Gasteiger partial charge >= 0.3 is 7.12 Å². The van der Waals surface area contributed by atoms with E-state index in [0.717, 1.165) is 5.46 Å². The van der Waals surface area contributed by atoms with Crippen LogP contribution < -0.4 is 10.2 Å². The van der Waals surface area contributed by atoms with Crippen LogP contribution in [0.1, 0.15) is 47.1 Å². The molecule has 0 saturated carbocycles. The number of methoxy groups -OCH3 is 1. The summed E-state index contributed by atoms with van der Waals surface area (Å²) in [7, 11) is 1.07. The Morgan fingerprint density at radius 2 is 1.67 bits per heavy atom. The van der Waals surface area contributed by atoms with E-state index in [2.05, 4.69) is 6.07 Å². The lowest BCUT2D eigenvalue weighted by molar-refractivity contribution is 0.00578. The standard InChI is InChI=1S/C16H22BNO4.C2H6/c1-15(2)16(3,4)22-17(21-15)14-7-6-13(10-12(14)11-18)20-9-8-19-5;1-2/h6-7,10H,8-9H2,1-5H3;1-2H3. The molecule has 1 aliphatic heterocycles. The maximum Gasteiger partial charge on any atom is 0.496 e. The van der Waals surface area contributed by atoms with Crippen molar-refractivity contribution in [1.82, 2.24) is 0 Å². The van der Waals surface area contributed by atoms with E-state index in [1.807, 2.05) is 53.7 Å². The second-order valence-corrected chi connectivity index (χ2v) is 6.29. The first kappa shape index (κ1) is 20.5. The van der Waals surface area contributed by atoms with E-state index in [4.69, 9.17) is 18.8 Å². The molecule has 0 amide bonds. The van der Waals surface area contributed by atoms with Crippen LogP contribution in [0.3, 0.4) is 0 Å². The molecular formula is C18H28BNO4. The van der Waals surface area contributed by atoms with Crippen molar-refractivity contribution in [3.63, 3.8) is 0 Å². The van der Waals surface area contributed by atoms with Crippen molar-refractivity contribution in [2.24, 2.45) is 0 Å². The molecule has 1 aromatic rings.